The summed E-state index contributed by atoms with van der Waals surface area (Å²) in [5, 5.41) is 2.94. The van der Waals surface area contributed by atoms with E-state index in [1.807, 2.05) is 0 Å². The molecule has 0 aromatic rings. The van der Waals surface area contributed by atoms with Crippen LogP contribution in [0.3, 0.4) is 0 Å². The van der Waals surface area contributed by atoms with E-state index in [1.165, 1.54) is 0 Å². The van der Waals surface area contributed by atoms with Crippen molar-refractivity contribution in [3.8, 4) is 0 Å². The minimum atomic E-state index is -0.299. The summed E-state index contributed by atoms with van der Waals surface area (Å²) in [4.78, 5) is 25.9. The zero-order valence-corrected chi connectivity index (χ0v) is 14.0. The van der Waals surface area contributed by atoms with E-state index >= 15 is 0 Å². The second-order valence-electron chi connectivity index (χ2n) is 6.38. The average Bonchev–Trinajstić information content (AvgIpc) is 2.91. The number of nitrogens with zero attached hydrogens (tertiary/aromatic N) is 1. The number of nitrogens with one attached hydrogen (secondary N) is 1. The van der Waals surface area contributed by atoms with Gasteiger partial charge in [-0.2, -0.15) is 0 Å². The first kappa shape index (κ1) is 16.6. The highest BCUT2D eigenvalue weighted by molar-refractivity contribution is 8.01. The predicted molar refractivity (Wildman–Crippen MR) is 84.0 cm³/mol. The Morgan fingerprint density at radius 3 is 3.05 bits per heavy atom. The molecule has 0 saturated carbocycles. The third kappa shape index (κ3) is 3.92. The molecule has 6 heteroatoms. The van der Waals surface area contributed by atoms with Gasteiger partial charge in [0.15, 0.2) is 0 Å². The second-order valence-corrected chi connectivity index (χ2v) is 7.88. The Kier molecular flexibility index (Phi) is 5.54. The molecule has 0 aromatic carbocycles. The van der Waals surface area contributed by atoms with Gasteiger partial charge in [0.2, 0.25) is 11.8 Å². The molecule has 0 aromatic heterocycles. The van der Waals surface area contributed by atoms with E-state index < -0.39 is 0 Å². The molecule has 21 heavy (non-hydrogen) atoms. The van der Waals surface area contributed by atoms with Crippen LogP contribution in [0.15, 0.2) is 0 Å². The van der Waals surface area contributed by atoms with E-state index in [1.54, 1.807) is 16.7 Å². The van der Waals surface area contributed by atoms with Crippen LogP contribution in [0.25, 0.3) is 0 Å². The maximum Gasteiger partial charge on any atom is 0.243 e. The average molecular weight is 314 g/mol. The lowest BCUT2D eigenvalue weighted by Crippen LogP contribution is -2.50. The Bertz CT molecular complexity index is 402. The molecular weight excluding hydrogens is 288 g/mol. The van der Waals surface area contributed by atoms with Gasteiger partial charge in [-0.15, -0.1) is 11.8 Å². The van der Waals surface area contributed by atoms with Crippen molar-refractivity contribution in [3.63, 3.8) is 0 Å². The molecule has 0 aliphatic carbocycles. The van der Waals surface area contributed by atoms with Crippen molar-refractivity contribution in [3.05, 3.63) is 0 Å². The van der Waals surface area contributed by atoms with Crippen LogP contribution in [0.5, 0.6) is 0 Å². The minimum Gasteiger partial charge on any atom is -0.381 e. The number of hydrogen-bond donors (Lipinski definition) is 1. The standard InChI is InChI=1S/C15H26N2O3S/c1-11(2)9-20-8-4-7-16-14(19)12-10-21-15(3)6-5-13(18)17(12)15/h11-12H,4-10H2,1-3H3,(H,16,19). The molecule has 2 aliphatic heterocycles. The van der Waals surface area contributed by atoms with Crippen LogP contribution in [0, 0.1) is 5.92 Å². The summed E-state index contributed by atoms with van der Waals surface area (Å²) in [6, 6.07) is -0.299. The molecule has 0 bridgehead atoms. The minimum absolute atomic E-state index is 0.0228. The normalized spacial score (nSPS) is 28.3. The maximum atomic E-state index is 12.3. The monoisotopic (exact) mass is 314 g/mol. The van der Waals surface area contributed by atoms with Gasteiger partial charge in [0.05, 0.1) is 4.87 Å². The van der Waals surface area contributed by atoms with Gasteiger partial charge in [-0.1, -0.05) is 13.8 Å². The van der Waals surface area contributed by atoms with Crippen molar-refractivity contribution >= 4 is 23.6 Å². The van der Waals surface area contributed by atoms with Crippen LogP contribution in [-0.2, 0) is 14.3 Å². The molecule has 2 saturated heterocycles. The summed E-state index contributed by atoms with van der Waals surface area (Å²) in [6.45, 7) is 8.33. The van der Waals surface area contributed by atoms with Crippen molar-refractivity contribution in [2.45, 2.75) is 50.9 Å². The molecule has 2 heterocycles. The van der Waals surface area contributed by atoms with Crippen LogP contribution >= 0.6 is 11.8 Å². The highest BCUT2D eigenvalue weighted by Gasteiger charge is 2.52. The van der Waals surface area contributed by atoms with Gasteiger partial charge in [-0.05, 0) is 25.7 Å². The van der Waals surface area contributed by atoms with Gasteiger partial charge in [0.25, 0.3) is 0 Å². The number of carbonyl (C=O) groups is 2. The lowest BCUT2D eigenvalue weighted by molar-refractivity contribution is -0.137. The van der Waals surface area contributed by atoms with Crippen LogP contribution in [0.2, 0.25) is 0 Å². The molecule has 2 rings (SSSR count). The Hall–Kier alpha value is -0.750. The molecule has 2 fully saturated rings. The molecule has 2 atom stereocenters. The Labute approximate surface area is 131 Å². The smallest absolute Gasteiger partial charge is 0.243 e. The third-order valence-electron chi connectivity index (χ3n) is 3.96. The summed E-state index contributed by atoms with van der Waals surface area (Å²) in [5.41, 5.74) is 0. The van der Waals surface area contributed by atoms with Gasteiger partial charge in [-0.3, -0.25) is 9.59 Å². The van der Waals surface area contributed by atoms with E-state index in [2.05, 4.69) is 26.1 Å². The molecule has 2 aliphatic rings. The fraction of sp³-hybridized carbons (Fsp3) is 0.867. The Morgan fingerprint density at radius 2 is 2.33 bits per heavy atom. The number of carbonyl (C=O) groups excluding carboxylic acids is 2. The largest absolute Gasteiger partial charge is 0.381 e. The SMILES string of the molecule is CC(C)COCCCNC(=O)C1CSC2(C)CCC(=O)N12. The van der Waals surface area contributed by atoms with Gasteiger partial charge < -0.3 is 15.0 Å². The quantitative estimate of drug-likeness (QED) is 0.726. The van der Waals surface area contributed by atoms with Crippen LogP contribution < -0.4 is 5.32 Å². The lowest BCUT2D eigenvalue weighted by Gasteiger charge is -2.29. The van der Waals surface area contributed by atoms with Gasteiger partial charge in [0, 0.05) is 31.9 Å². The fourth-order valence-corrected chi connectivity index (χ4v) is 4.27. The number of hydrogen-bond acceptors (Lipinski definition) is 4. The third-order valence-corrected chi connectivity index (χ3v) is 5.47. The molecule has 0 spiro atoms. The van der Waals surface area contributed by atoms with Crippen LogP contribution in [0.4, 0.5) is 0 Å². The molecule has 5 nitrogen and oxygen atoms in total. The molecule has 2 unspecified atom stereocenters. The van der Waals surface area contributed by atoms with Gasteiger partial charge in [0.1, 0.15) is 6.04 Å². The summed E-state index contributed by atoms with van der Waals surface area (Å²) in [7, 11) is 0. The predicted octanol–water partition coefficient (Wildman–Crippen LogP) is 1.62. The van der Waals surface area contributed by atoms with E-state index in [0.29, 0.717) is 31.2 Å². The second kappa shape index (κ2) is 7.01. The zero-order chi connectivity index (χ0) is 15.5. The molecule has 2 amide bonds. The van der Waals surface area contributed by atoms with Crippen molar-refractivity contribution in [2.24, 2.45) is 5.92 Å². The number of rotatable bonds is 7. The van der Waals surface area contributed by atoms with E-state index in [4.69, 9.17) is 4.74 Å². The number of ether oxygens (including phenoxy) is 1. The van der Waals surface area contributed by atoms with Gasteiger partial charge >= 0.3 is 0 Å². The summed E-state index contributed by atoms with van der Waals surface area (Å²) in [6.07, 6.45) is 2.23. The number of amides is 2. The highest BCUT2D eigenvalue weighted by Crippen LogP contribution is 2.47. The van der Waals surface area contributed by atoms with E-state index in [9.17, 15) is 9.59 Å². The number of fused-ring (bicyclic) bond motifs is 1. The summed E-state index contributed by atoms with van der Waals surface area (Å²) < 4.78 is 5.48. The zero-order valence-electron chi connectivity index (χ0n) is 13.2. The van der Waals surface area contributed by atoms with Crippen molar-refractivity contribution in [1.82, 2.24) is 10.2 Å². The van der Waals surface area contributed by atoms with Crippen molar-refractivity contribution in [2.75, 3.05) is 25.5 Å². The first-order chi connectivity index (χ1) is 9.94. The van der Waals surface area contributed by atoms with E-state index in [-0.39, 0.29) is 22.7 Å². The molecule has 1 N–H and O–H groups in total. The van der Waals surface area contributed by atoms with Crippen molar-refractivity contribution in [1.29, 1.82) is 0 Å². The first-order valence-corrected chi connectivity index (χ1v) is 8.74. The molecule has 120 valence electrons. The van der Waals surface area contributed by atoms with Crippen LogP contribution in [-0.4, -0.2) is 53.1 Å². The van der Waals surface area contributed by atoms with Gasteiger partial charge in [-0.25, -0.2) is 0 Å². The summed E-state index contributed by atoms with van der Waals surface area (Å²) >= 11 is 1.73. The van der Waals surface area contributed by atoms with Crippen molar-refractivity contribution < 1.29 is 14.3 Å². The number of thioether (sulfide) groups is 1. The topological polar surface area (TPSA) is 58.6 Å². The first-order valence-electron chi connectivity index (χ1n) is 7.75. The maximum absolute atomic E-state index is 12.3. The van der Waals surface area contributed by atoms with Crippen LogP contribution in [0.1, 0.15) is 40.0 Å². The Balaban J connectivity index is 1.71. The molecular formula is C15H26N2O3S. The fourth-order valence-electron chi connectivity index (χ4n) is 2.84. The Morgan fingerprint density at radius 1 is 1.57 bits per heavy atom. The lowest BCUT2D eigenvalue weighted by atomic mass is 10.2. The highest BCUT2D eigenvalue weighted by atomic mass is 32.2. The van der Waals surface area contributed by atoms with E-state index in [0.717, 1.165) is 19.4 Å². The summed E-state index contributed by atoms with van der Waals surface area (Å²) in [5.74, 6) is 1.33. The molecule has 0 radical (unpaired) electrons.